The minimum absolute atomic E-state index is 0.00616. The van der Waals surface area contributed by atoms with Crippen molar-refractivity contribution in [3.63, 3.8) is 0 Å². The fourth-order valence-corrected chi connectivity index (χ4v) is 12.6. The third kappa shape index (κ3) is 19.4. The first-order valence-corrected chi connectivity index (χ1v) is 30.9. The molecule has 0 bridgehead atoms. The number of likely N-dealkylation sites (tertiary alicyclic amines) is 1. The summed E-state index contributed by atoms with van der Waals surface area (Å²) in [6.07, 6.45) is 4.90. The van der Waals surface area contributed by atoms with Gasteiger partial charge in [0.15, 0.2) is 0 Å². The van der Waals surface area contributed by atoms with Crippen LogP contribution in [0.5, 0.6) is 11.5 Å². The molecule has 20 nitrogen and oxygen atoms in total. The second-order valence-corrected chi connectivity index (χ2v) is 24.2. The minimum atomic E-state index is -3.81. The number of fused-ring (bicyclic) bond motifs is 2. The number of hydrogen-bond acceptors (Lipinski definition) is 14. The summed E-state index contributed by atoms with van der Waals surface area (Å²) in [6.45, 7) is 4.98. The Labute approximate surface area is 482 Å². The molecule has 7 rings (SSSR count). The van der Waals surface area contributed by atoms with Gasteiger partial charge in [-0.2, -0.15) is 0 Å². The van der Waals surface area contributed by atoms with Crippen molar-refractivity contribution in [3.8, 4) is 11.5 Å². The SMILES string of the molecule is N[C@@H]1CCCN([C@H]2Cc3c(Cl)cc(Cl)cc3[C@@H]2Oc2ccc(S(=O)(=O)NCCOCCOCCNC(=O)NCCCCNC(=O)NCCOCCOCCNS(=O)(=O)c3ccc(O[C@@H]4CCc5c(Cl)cc(Cl)cc54)cc3)cc2)C1. The maximum atomic E-state index is 13.0. The van der Waals surface area contributed by atoms with Gasteiger partial charge in [-0.15, -0.1) is 0 Å². The van der Waals surface area contributed by atoms with E-state index in [1.807, 2.05) is 12.1 Å². The summed E-state index contributed by atoms with van der Waals surface area (Å²) in [5.41, 5.74) is 10.2. The Hall–Kier alpha value is -4.24. The lowest BCUT2D eigenvalue weighted by molar-refractivity contribution is 0.0516. The molecular weight excluding hydrogens is 1150 g/mol. The van der Waals surface area contributed by atoms with Crippen molar-refractivity contribution < 1.29 is 54.8 Å². The molecule has 4 atom stereocenters. The van der Waals surface area contributed by atoms with Crippen molar-refractivity contribution in [3.05, 3.63) is 115 Å². The van der Waals surface area contributed by atoms with Crippen molar-refractivity contribution in [1.82, 2.24) is 35.6 Å². The van der Waals surface area contributed by atoms with Gasteiger partial charge in [0.2, 0.25) is 20.0 Å². The highest BCUT2D eigenvalue weighted by Crippen LogP contribution is 2.44. The van der Waals surface area contributed by atoms with E-state index in [1.165, 1.54) is 24.3 Å². The van der Waals surface area contributed by atoms with Gasteiger partial charge in [-0.25, -0.2) is 35.9 Å². The van der Waals surface area contributed by atoms with Gasteiger partial charge in [0.1, 0.15) is 23.7 Å². The van der Waals surface area contributed by atoms with Crippen molar-refractivity contribution >= 4 is 78.5 Å². The zero-order valence-corrected chi connectivity index (χ0v) is 48.4. The smallest absolute Gasteiger partial charge is 0.314 e. The van der Waals surface area contributed by atoms with Gasteiger partial charge in [0, 0.05) is 77.5 Å². The van der Waals surface area contributed by atoms with Gasteiger partial charge in [0.05, 0.1) is 68.7 Å². The van der Waals surface area contributed by atoms with Gasteiger partial charge in [-0.05, 0) is 141 Å². The molecular formula is C53H70Cl4N8O12S2. The molecule has 3 aliphatic rings. The van der Waals surface area contributed by atoms with E-state index < -0.39 is 20.0 Å². The maximum Gasteiger partial charge on any atom is 0.314 e. The lowest BCUT2D eigenvalue weighted by atomic mass is 10.0. The van der Waals surface area contributed by atoms with E-state index in [1.54, 1.807) is 36.4 Å². The van der Waals surface area contributed by atoms with E-state index in [9.17, 15) is 26.4 Å². The number of hydrogen-bond donors (Lipinski definition) is 7. The summed E-state index contributed by atoms with van der Waals surface area (Å²) in [4.78, 5) is 26.7. The number of rotatable bonds is 32. The first-order chi connectivity index (χ1) is 38.1. The van der Waals surface area contributed by atoms with Crippen molar-refractivity contribution in [2.24, 2.45) is 5.73 Å². The monoisotopic (exact) mass is 1210 g/mol. The fourth-order valence-electron chi connectivity index (χ4n) is 9.41. The molecule has 4 aromatic carbocycles. The fraction of sp³-hybridized carbons (Fsp3) is 0.509. The number of amides is 4. The summed E-state index contributed by atoms with van der Waals surface area (Å²) in [6, 6.07) is 19.1. The third-order valence-electron chi connectivity index (χ3n) is 13.3. The lowest BCUT2D eigenvalue weighted by Crippen LogP contribution is -2.49. The second-order valence-electron chi connectivity index (χ2n) is 19.0. The van der Waals surface area contributed by atoms with E-state index in [2.05, 4.69) is 35.6 Å². The Morgan fingerprint density at radius 2 is 1.04 bits per heavy atom. The molecule has 1 fully saturated rings. The Kier molecular flexibility index (Phi) is 24.7. The van der Waals surface area contributed by atoms with E-state index in [-0.39, 0.29) is 125 Å². The number of carbonyl (C=O) groups excluding carboxylic acids is 2. The summed E-state index contributed by atoms with van der Waals surface area (Å²) >= 11 is 25.5. The molecule has 4 amide bonds. The number of sulfonamides is 2. The first-order valence-electron chi connectivity index (χ1n) is 26.4. The van der Waals surface area contributed by atoms with Gasteiger partial charge >= 0.3 is 12.1 Å². The van der Waals surface area contributed by atoms with E-state index in [4.69, 9.17) is 80.6 Å². The highest BCUT2D eigenvalue weighted by atomic mass is 35.5. The molecule has 0 aromatic heterocycles. The van der Waals surface area contributed by atoms with E-state index in [0.29, 0.717) is 63.9 Å². The third-order valence-corrected chi connectivity index (χ3v) is 17.4. The Bertz CT molecular complexity index is 2850. The number of unbranched alkanes of at least 4 members (excludes halogenated alkanes) is 1. The van der Waals surface area contributed by atoms with Gasteiger partial charge in [0.25, 0.3) is 0 Å². The minimum Gasteiger partial charge on any atom is -0.486 e. The van der Waals surface area contributed by atoms with Crippen molar-refractivity contribution in [1.29, 1.82) is 0 Å². The molecule has 8 N–H and O–H groups in total. The summed E-state index contributed by atoms with van der Waals surface area (Å²) in [5, 5.41) is 13.2. The Balaban J connectivity index is 0.626. The molecule has 4 aromatic rings. The summed E-state index contributed by atoms with van der Waals surface area (Å²) < 4.78 is 91.3. The number of piperidine rings is 1. The standard InChI is InChI=1S/C53H70Cl4N8O12S2/c54-36-30-45-43(47(56)32-36)13-14-50(45)76-39-5-9-41(10-6-39)78(68,69)63-19-24-74-28-26-72-22-17-61-52(66)59-15-1-2-16-60-53(67)62-18-23-73-27-29-75-25-20-64-79(70,71)42-11-7-40(8-12-42)77-51-46-31-37(55)33-48(57)44(46)34-49(51)65-21-3-4-38(58)35-65/h5-12,30-33,38,49-51,63-64H,1-4,13-29,34-35,58H2,(H2,59,61,66)(H2,60,62,67)/t38-,49+,50-,51+/m1/s1. The molecule has 0 saturated carbocycles. The Morgan fingerprint density at radius 1 is 0.570 bits per heavy atom. The number of nitrogens with zero attached hydrogens (tertiary/aromatic N) is 1. The number of urea groups is 2. The molecule has 26 heteroatoms. The van der Waals surface area contributed by atoms with Crippen LogP contribution < -0.4 is 45.9 Å². The predicted octanol–water partition coefficient (Wildman–Crippen LogP) is 6.54. The van der Waals surface area contributed by atoms with Crippen LogP contribution in [-0.2, 0) is 51.8 Å². The molecule has 79 heavy (non-hydrogen) atoms. The van der Waals surface area contributed by atoms with Crippen molar-refractivity contribution in [2.75, 3.05) is 105 Å². The van der Waals surface area contributed by atoms with Gasteiger partial charge < -0.3 is 55.4 Å². The highest BCUT2D eigenvalue weighted by Gasteiger charge is 2.41. The van der Waals surface area contributed by atoms with Crippen LogP contribution in [0.3, 0.4) is 0 Å². The van der Waals surface area contributed by atoms with Crippen LogP contribution in [0.2, 0.25) is 20.1 Å². The van der Waals surface area contributed by atoms with Gasteiger partial charge in [-0.3, -0.25) is 4.90 Å². The normalized spacial score (nSPS) is 18.2. The van der Waals surface area contributed by atoms with Crippen LogP contribution >= 0.6 is 46.4 Å². The van der Waals surface area contributed by atoms with Crippen LogP contribution in [0.4, 0.5) is 9.59 Å². The van der Waals surface area contributed by atoms with E-state index >= 15 is 0 Å². The van der Waals surface area contributed by atoms with Crippen LogP contribution in [0.25, 0.3) is 0 Å². The average molecular weight is 1220 g/mol. The van der Waals surface area contributed by atoms with Gasteiger partial charge in [-0.1, -0.05) is 46.4 Å². The molecule has 0 radical (unpaired) electrons. The van der Waals surface area contributed by atoms with Crippen LogP contribution in [0.1, 0.15) is 66.6 Å². The van der Waals surface area contributed by atoms with E-state index in [0.717, 1.165) is 61.0 Å². The molecule has 0 unspecified atom stereocenters. The highest BCUT2D eigenvalue weighted by molar-refractivity contribution is 7.89. The summed E-state index contributed by atoms with van der Waals surface area (Å²) in [5.74, 6) is 1.05. The molecule has 1 aliphatic heterocycles. The maximum absolute atomic E-state index is 13.0. The zero-order valence-electron chi connectivity index (χ0n) is 43.8. The number of benzene rings is 4. The van der Waals surface area contributed by atoms with Crippen LogP contribution in [-0.4, -0.2) is 151 Å². The quantitative estimate of drug-likeness (QED) is 0.0257. The molecule has 1 heterocycles. The van der Waals surface area contributed by atoms with Crippen LogP contribution in [0, 0.1) is 0 Å². The topological polar surface area (TPSA) is 259 Å². The zero-order chi connectivity index (χ0) is 56.2. The Morgan fingerprint density at radius 3 is 1.56 bits per heavy atom. The lowest BCUT2D eigenvalue weighted by Gasteiger charge is -2.38. The average Bonchev–Trinajstić information content (AvgIpc) is 4.06. The first kappa shape index (κ1) is 62.4. The number of nitrogens with one attached hydrogen (secondary N) is 6. The molecule has 0 spiro atoms. The predicted molar refractivity (Wildman–Crippen MR) is 303 cm³/mol. The number of nitrogens with two attached hydrogens (primary N) is 1. The largest absolute Gasteiger partial charge is 0.486 e. The number of ether oxygens (including phenoxy) is 6. The molecule has 1 saturated heterocycles. The van der Waals surface area contributed by atoms with Crippen LogP contribution in [0.15, 0.2) is 82.6 Å². The number of carbonyl (C=O) groups is 2. The molecule has 434 valence electrons. The summed E-state index contributed by atoms with van der Waals surface area (Å²) in [7, 11) is -7.57. The number of halogens is 4. The molecule has 2 aliphatic carbocycles. The second kappa shape index (κ2) is 31.3. The van der Waals surface area contributed by atoms with Crippen molar-refractivity contribution in [2.45, 2.75) is 79.0 Å².